The molecule has 4 aromatic rings. The van der Waals surface area contributed by atoms with E-state index in [4.69, 9.17) is 17.4 Å². The van der Waals surface area contributed by atoms with Crippen LogP contribution in [0, 0.1) is 6.92 Å². The zero-order valence-electron chi connectivity index (χ0n) is 14.4. The van der Waals surface area contributed by atoms with Gasteiger partial charge in [-0.15, -0.1) is 0 Å². The van der Waals surface area contributed by atoms with Gasteiger partial charge in [-0.1, -0.05) is 47.5 Å². The molecule has 0 bridgehead atoms. The van der Waals surface area contributed by atoms with E-state index in [2.05, 4.69) is 4.98 Å². The van der Waals surface area contributed by atoms with Crippen LogP contribution in [0.1, 0.15) is 5.56 Å². The fraction of sp³-hybridized carbons (Fsp3) is 0.0500. The number of nitrogens with two attached hydrogens (primary N) is 1. The minimum atomic E-state index is -3.96. The van der Waals surface area contributed by atoms with Gasteiger partial charge < -0.3 is 0 Å². The van der Waals surface area contributed by atoms with Crippen molar-refractivity contribution in [3.8, 4) is 0 Å². The van der Waals surface area contributed by atoms with E-state index in [0.29, 0.717) is 32.5 Å². The highest BCUT2D eigenvalue weighted by molar-refractivity contribution is 7.92. The molecule has 0 fully saturated rings. The van der Waals surface area contributed by atoms with E-state index >= 15 is 0 Å². The summed E-state index contributed by atoms with van der Waals surface area (Å²) in [6, 6.07) is 19.0. The maximum atomic E-state index is 13.2. The van der Waals surface area contributed by atoms with Crippen molar-refractivity contribution in [2.24, 2.45) is 5.84 Å². The van der Waals surface area contributed by atoms with Crippen molar-refractivity contribution in [3.63, 3.8) is 0 Å². The van der Waals surface area contributed by atoms with Crippen LogP contribution >= 0.6 is 11.6 Å². The van der Waals surface area contributed by atoms with Crippen molar-refractivity contribution in [1.29, 1.82) is 0 Å². The molecule has 136 valence electrons. The first-order valence-electron chi connectivity index (χ1n) is 8.22. The number of hydrogen-bond acceptors (Lipinski definition) is 4. The Kier molecular flexibility index (Phi) is 4.26. The smallest absolute Gasteiger partial charge is 0.248 e. The first-order valence-corrected chi connectivity index (χ1v) is 10.0. The van der Waals surface area contributed by atoms with E-state index in [1.165, 1.54) is 0 Å². The molecule has 7 heteroatoms. The lowest BCUT2D eigenvalue weighted by Crippen LogP contribution is -2.37. The summed E-state index contributed by atoms with van der Waals surface area (Å²) < 4.78 is 27.1. The summed E-state index contributed by atoms with van der Waals surface area (Å²) in [5.41, 5.74) is 2.57. The number of fused-ring (bicyclic) bond motifs is 2. The SMILES string of the molecule is Cc1ccc(S(=O)(=O)N(N)c2c3ccccc3nc3ccc(Cl)cc23)cc1. The van der Waals surface area contributed by atoms with Crippen LogP contribution in [0.3, 0.4) is 0 Å². The monoisotopic (exact) mass is 397 g/mol. The number of sulfonamides is 1. The van der Waals surface area contributed by atoms with E-state index in [0.717, 1.165) is 9.98 Å². The summed E-state index contributed by atoms with van der Waals surface area (Å²) in [6.07, 6.45) is 0. The van der Waals surface area contributed by atoms with Crippen molar-refractivity contribution in [1.82, 2.24) is 4.98 Å². The number of aryl methyl sites for hydroxylation is 1. The van der Waals surface area contributed by atoms with Gasteiger partial charge in [0.25, 0.3) is 10.0 Å². The number of halogens is 1. The third-order valence-electron chi connectivity index (χ3n) is 4.41. The topological polar surface area (TPSA) is 76.3 Å². The van der Waals surface area contributed by atoms with Crippen LogP contribution in [-0.2, 0) is 10.0 Å². The summed E-state index contributed by atoms with van der Waals surface area (Å²) >= 11 is 6.16. The molecule has 27 heavy (non-hydrogen) atoms. The largest absolute Gasteiger partial charge is 0.277 e. The van der Waals surface area contributed by atoms with Gasteiger partial charge in [-0.25, -0.2) is 15.2 Å². The molecule has 1 heterocycles. The Balaban J connectivity index is 2.03. The van der Waals surface area contributed by atoms with Gasteiger partial charge in [-0.2, -0.15) is 8.42 Å². The number of benzene rings is 3. The quantitative estimate of drug-likeness (QED) is 0.315. The van der Waals surface area contributed by atoms with Gasteiger partial charge in [0.2, 0.25) is 0 Å². The molecule has 0 aliphatic heterocycles. The minimum Gasteiger partial charge on any atom is -0.248 e. The van der Waals surface area contributed by atoms with E-state index in [1.807, 2.05) is 25.1 Å². The molecule has 0 radical (unpaired) electrons. The van der Waals surface area contributed by atoms with Gasteiger partial charge >= 0.3 is 0 Å². The molecule has 0 aliphatic carbocycles. The second-order valence-corrected chi connectivity index (χ2v) is 8.50. The van der Waals surface area contributed by atoms with E-state index < -0.39 is 10.0 Å². The average Bonchev–Trinajstić information content (AvgIpc) is 2.66. The third kappa shape index (κ3) is 3.02. The number of hydrazine groups is 1. The second-order valence-electron chi connectivity index (χ2n) is 6.25. The molecule has 0 unspecified atom stereocenters. The van der Waals surface area contributed by atoms with Crippen LogP contribution in [0.2, 0.25) is 5.02 Å². The van der Waals surface area contributed by atoms with E-state index in [1.54, 1.807) is 48.5 Å². The average molecular weight is 398 g/mol. The summed E-state index contributed by atoms with van der Waals surface area (Å²) in [7, 11) is -3.96. The second kappa shape index (κ2) is 6.49. The van der Waals surface area contributed by atoms with Crippen LogP contribution in [-0.4, -0.2) is 13.4 Å². The highest BCUT2D eigenvalue weighted by Crippen LogP contribution is 2.36. The van der Waals surface area contributed by atoms with Crippen LogP contribution in [0.15, 0.2) is 71.6 Å². The van der Waals surface area contributed by atoms with Gasteiger partial charge in [0.05, 0.1) is 21.6 Å². The molecule has 4 rings (SSSR count). The van der Waals surface area contributed by atoms with Crippen molar-refractivity contribution in [3.05, 3.63) is 77.3 Å². The fourth-order valence-electron chi connectivity index (χ4n) is 3.02. The number of pyridine rings is 1. The molecular weight excluding hydrogens is 382 g/mol. The van der Waals surface area contributed by atoms with Gasteiger partial charge in [-0.05, 0) is 43.3 Å². The van der Waals surface area contributed by atoms with Crippen molar-refractivity contribution < 1.29 is 8.42 Å². The maximum Gasteiger partial charge on any atom is 0.277 e. The fourth-order valence-corrected chi connectivity index (χ4v) is 4.34. The minimum absolute atomic E-state index is 0.117. The molecule has 5 nitrogen and oxygen atoms in total. The Labute approximate surface area is 162 Å². The first-order chi connectivity index (χ1) is 12.9. The molecule has 0 aliphatic rings. The number of nitrogens with zero attached hydrogens (tertiary/aromatic N) is 2. The predicted octanol–water partition coefficient (Wildman–Crippen LogP) is 4.42. The highest BCUT2D eigenvalue weighted by atomic mass is 35.5. The summed E-state index contributed by atoms with van der Waals surface area (Å²) in [5, 5.41) is 1.67. The van der Waals surface area contributed by atoms with Gasteiger partial charge in [0.15, 0.2) is 0 Å². The standard InChI is InChI=1S/C20H16ClN3O2S/c1-13-6-9-15(10-7-13)27(25,26)24(22)20-16-4-2-3-5-18(16)23-19-11-8-14(21)12-17(19)20/h2-12H,22H2,1H3. The van der Waals surface area contributed by atoms with E-state index in [-0.39, 0.29) is 4.90 Å². The van der Waals surface area contributed by atoms with Gasteiger partial charge in [-0.3, -0.25) is 0 Å². The number of hydrogen-bond donors (Lipinski definition) is 1. The van der Waals surface area contributed by atoms with Gasteiger partial charge in [0.1, 0.15) is 0 Å². The molecule has 0 saturated carbocycles. The number of anilines is 1. The molecular formula is C20H16ClN3O2S. The van der Waals surface area contributed by atoms with Crippen LogP contribution in [0.5, 0.6) is 0 Å². The maximum absolute atomic E-state index is 13.2. The molecule has 1 aromatic heterocycles. The molecule has 0 saturated heterocycles. The van der Waals surface area contributed by atoms with Crippen molar-refractivity contribution >= 4 is 49.1 Å². The molecule has 3 aromatic carbocycles. The molecule has 0 spiro atoms. The summed E-state index contributed by atoms with van der Waals surface area (Å²) in [6.45, 7) is 1.89. The van der Waals surface area contributed by atoms with E-state index in [9.17, 15) is 8.42 Å². The van der Waals surface area contributed by atoms with Crippen molar-refractivity contribution in [2.45, 2.75) is 11.8 Å². The normalized spacial score (nSPS) is 11.8. The highest BCUT2D eigenvalue weighted by Gasteiger charge is 2.26. The number of aromatic nitrogens is 1. The molecule has 0 atom stereocenters. The predicted molar refractivity (Wildman–Crippen MR) is 109 cm³/mol. The Morgan fingerprint density at radius 1 is 0.926 bits per heavy atom. The number of rotatable bonds is 3. The Hall–Kier alpha value is -2.67. The molecule has 2 N–H and O–H groups in total. The Morgan fingerprint density at radius 2 is 1.59 bits per heavy atom. The van der Waals surface area contributed by atoms with Gasteiger partial charge in [0, 0.05) is 15.8 Å². The lowest BCUT2D eigenvalue weighted by Gasteiger charge is -2.22. The summed E-state index contributed by atoms with van der Waals surface area (Å²) in [4.78, 5) is 4.71. The zero-order chi connectivity index (χ0) is 19.2. The zero-order valence-corrected chi connectivity index (χ0v) is 16.0. The number of para-hydroxylation sites is 1. The lowest BCUT2D eigenvalue weighted by atomic mass is 10.1. The van der Waals surface area contributed by atoms with Crippen LogP contribution in [0.25, 0.3) is 21.8 Å². The Bertz CT molecular complexity index is 1270. The molecule has 0 amide bonds. The summed E-state index contributed by atoms with van der Waals surface area (Å²) in [5.74, 6) is 6.20. The lowest BCUT2D eigenvalue weighted by molar-refractivity contribution is 0.592. The first kappa shape index (κ1) is 17.7. The third-order valence-corrected chi connectivity index (χ3v) is 6.22. The van der Waals surface area contributed by atoms with Crippen LogP contribution < -0.4 is 10.3 Å². The Morgan fingerprint density at radius 3 is 2.33 bits per heavy atom. The van der Waals surface area contributed by atoms with Crippen molar-refractivity contribution in [2.75, 3.05) is 4.41 Å². The van der Waals surface area contributed by atoms with Crippen LogP contribution in [0.4, 0.5) is 5.69 Å².